The summed E-state index contributed by atoms with van der Waals surface area (Å²) in [5.41, 5.74) is 0. The quantitative estimate of drug-likeness (QED) is 0.710. The largest absolute Gasteiger partial charge is 0.369 e. The minimum Gasteiger partial charge on any atom is -0.369 e. The van der Waals surface area contributed by atoms with E-state index in [1.165, 1.54) is 6.33 Å². The molecule has 0 fully saturated rings. The van der Waals surface area contributed by atoms with Crippen LogP contribution in [-0.2, 0) is 10.0 Å². The van der Waals surface area contributed by atoms with Gasteiger partial charge in [0.1, 0.15) is 18.0 Å². The zero-order valence-corrected chi connectivity index (χ0v) is 12.7. The highest BCUT2D eigenvalue weighted by Gasteiger charge is 2.07. The van der Waals surface area contributed by atoms with Gasteiger partial charge < -0.3 is 9.88 Å². The third-order valence-corrected chi connectivity index (χ3v) is 4.34. The van der Waals surface area contributed by atoms with Gasteiger partial charge in [0.15, 0.2) is 0 Å². The van der Waals surface area contributed by atoms with Crippen LogP contribution in [0.15, 0.2) is 36.9 Å². The number of aromatic nitrogens is 3. The first-order valence-corrected chi connectivity index (χ1v) is 8.42. The van der Waals surface area contributed by atoms with E-state index < -0.39 is 10.0 Å². The van der Waals surface area contributed by atoms with Crippen molar-refractivity contribution in [1.82, 2.24) is 19.3 Å². The molecular weight excluding hydrogens is 290 g/mol. The maximum Gasteiger partial charge on any atom is 0.211 e. The van der Waals surface area contributed by atoms with E-state index in [-0.39, 0.29) is 5.75 Å². The van der Waals surface area contributed by atoms with Crippen molar-refractivity contribution < 1.29 is 8.42 Å². The number of sulfonamides is 1. The molecule has 0 spiro atoms. The van der Waals surface area contributed by atoms with Crippen molar-refractivity contribution in [2.45, 2.75) is 13.3 Å². The highest BCUT2D eigenvalue weighted by atomic mass is 32.2. The van der Waals surface area contributed by atoms with Crippen molar-refractivity contribution in [3.63, 3.8) is 0 Å². The zero-order chi connectivity index (χ0) is 15.1. The molecule has 0 amide bonds. The number of anilines is 1. The Kier molecular flexibility index (Phi) is 5.29. The highest BCUT2D eigenvalue weighted by molar-refractivity contribution is 7.89. The second-order valence-electron chi connectivity index (χ2n) is 4.49. The number of nitrogens with zero attached hydrogens (tertiary/aromatic N) is 3. The average Bonchev–Trinajstić information content (AvgIpc) is 2.98. The molecule has 0 aliphatic carbocycles. The SMILES string of the molecule is CCCS(=O)(=O)NCCNc1cc(-n2cccc2)ncn1. The highest BCUT2D eigenvalue weighted by Crippen LogP contribution is 2.08. The van der Waals surface area contributed by atoms with Gasteiger partial charge >= 0.3 is 0 Å². The molecule has 0 aliphatic rings. The molecule has 8 heteroatoms. The summed E-state index contributed by atoms with van der Waals surface area (Å²) < 4.78 is 27.4. The van der Waals surface area contributed by atoms with Crippen LogP contribution in [0.2, 0.25) is 0 Å². The van der Waals surface area contributed by atoms with Crippen molar-refractivity contribution >= 4 is 15.8 Å². The van der Waals surface area contributed by atoms with Crippen LogP contribution in [-0.4, -0.2) is 41.8 Å². The lowest BCUT2D eigenvalue weighted by Crippen LogP contribution is -2.30. The number of hydrogen-bond acceptors (Lipinski definition) is 5. The van der Waals surface area contributed by atoms with E-state index >= 15 is 0 Å². The van der Waals surface area contributed by atoms with Crippen LogP contribution in [0.4, 0.5) is 5.82 Å². The van der Waals surface area contributed by atoms with E-state index in [0.717, 1.165) is 5.82 Å². The van der Waals surface area contributed by atoms with E-state index in [0.29, 0.717) is 25.3 Å². The summed E-state index contributed by atoms with van der Waals surface area (Å²) in [5.74, 6) is 1.56. The monoisotopic (exact) mass is 309 g/mol. The molecule has 0 atom stereocenters. The van der Waals surface area contributed by atoms with Crippen molar-refractivity contribution in [2.75, 3.05) is 24.2 Å². The summed E-state index contributed by atoms with van der Waals surface area (Å²) in [5, 5.41) is 3.07. The van der Waals surface area contributed by atoms with Gasteiger partial charge in [-0.05, 0) is 18.6 Å². The molecule has 21 heavy (non-hydrogen) atoms. The Balaban J connectivity index is 1.86. The molecule has 0 aliphatic heterocycles. The Morgan fingerprint density at radius 2 is 1.95 bits per heavy atom. The predicted molar refractivity (Wildman–Crippen MR) is 81.9 cm³/mol. The van der Waals surface area contributed by atoms with Gasteiger partial charge in [0.25, 0.3) is 0 Å². The van der Waals surface area contributed by atoms with Gasteiger partial charge in [-0.15, -0.1) is 0 Å². The van der Waals surface area contributed by atoms with E-state index in [1.807, 2.05) is 36.0 Å². The lowest BCUT2D eigenvalue weighted by atomic mass is 10.5. The first-order valence-electron chi connectivity index (χ1n) is 6.77. The number of nitrogens with one attached hydrogen (secondary N) is 2. The molecule has 0 radical (unpaired) electrons. The lowest BCUT2D eigenvalue weighted by Gasteiger charge is -2.08. The Bertz CT molecular complexity index is 655. The predicted octanol–water partition coefficient (Wildman–Crippen LogP) is 1.01. The van der Waals surface area contributed by atoms with Crippen LogP contribution in [0.5, 0.6) is 0 Å². The summed E-state index contributed by atoms with van der Waals surface area (Å²) in [6.45, 7) is 2.62. The summed E-state index contributed by atoms with van der Waals surface area (Å²) in [6, 6.07) is 5.63. The van der Waals surface area contributed by atoms with Gasteiger partial charge in [0.05, 0.1) is 5.75 Å². The molecule has 0 saturated carbocycles. The van der Waals surface area contributed by atoms with Gasteiger partial charge in [-0.2, -0.15) is 0 Å². The van der Waals surface area contributed by atoms with Crippen LogP contribution in [0.25, 0.3) is 5.82 Å². The first-order chi connectivity index (χ1) is 10.1. The van der Waals surface area contributed by atoms with Crippen molar-refractivity contribution in [2.24, 2.45) is 0 Å². The van der Waals surface area contributed by atoms with Crippen LogP contribution in [0.3, 0.4) is 0 Å². The Morgan fingerprint density at radius 3 is 2.67 bits per heavy atom. The standard InChI is InChI=1S/C13H19N5O2S/c1-2-9-21(19,20)17-6-5-14-12-10-13(16-11-15-12)18-7-3-4-8-18/h3-4,7-8,10-11,17H,2,5-6,9H2,1H3,(H,14,15,16). The smallest absolute Gasteiger partial charge is 0.211 e. The fourth-order valence-corrected chi connectivity index (χ4v) is 2.91. The van der Waals surface area contributed by atoms with Gasteiger partial charge in [0.2, 0.25) is 10.0 Å². The summed E-state index contributed by atoms with van der Waals surface area (Å²) in [7, 11) is -3.16. The zero-order valence-electron chi connectivity index (χ0n) is 11.9. The van der Waals surface area contributed by atoms with E-state index in [4.69, 9.17) is 0 Å². The molecular formula is C13H19N5O2S. The number of hydrogen-bond donors (Lipinski definition) is 2. The minimum atomic E-state index is -3.16. The van der Waals surface area contributed by atoms with Gasteiger partial charge in [-0.1, -0.05) is 6.92 Å². The molecule has 2 aromatic rings. The second kappa shape index (κ2) is 7.19. The van der Waals surface area contributed by atoms with Crippen LogP contribution in [0.1, 0.15) is 13.3 Å². The lowest BCUT2D eigenvalue weighted by molar-refractivity contribution is 0.581. The van der Waals surface area contributed by atoms with Crippen LogP contribution in [0, 0.1) is 0 Å². The summed E-state index contributed by atoms with van der Waals surface area (Å²) >= 11 is 0. The molecule has 0 aromatic carbocycles. The first kappa shape index (κ1) is 15.5. The number of rotatable bonds is 8. The molecule has 0 saturated heterocycles. The maximum atomic E-state index is 11.5. The van der Waals surface area contributed by atoms with Gasteiger partial charge in [0, 0.05) is 31.5 Å². The second-order valence-corrected chi connectivity index (χ2v) is 6.42. The molecule has 2 rings (SSSR count). The van der Waals surface area contributed by atoms with E-state index in [9.17, 15) is 8.42 Å². The Hall–Kier alpha value is -1.93. The molecule has 114 valence electrons. The van der Waals surface area contributed by atoms with Crippen molar-refractivity contribution in [1.29, 1.82) is 0 Å². The van der Waals surface area contributed by atoms with E-state index in [2.05, 4.69) is 20.0 Å². The molecule has 2 heterocycles. The molecule has 2 N–H and O–H groups in total. The van der Waals surface area contributed by atoms with E-state index in [1.54, 1.807) is 6.07 Å². The summed E-state index contributed by atoms with van der Waals surface area (Å²) in [6.07, 6.45) is 5.86. The van der Waals surface area contributed by atoms with Crippen molar-refractivity contribution in [3.8, 4) is 5.82 Å². The summed E-state index contributed by atoms with van der Waals surface area (Å²) in [4.78, 5) is 8.28. The van der Waals surface area contributed by atoms with Crippen LogP contribution < -0.4 is 10.0 Å². The van der Waals surface area contributed by atoms with Crippen molar-refractivity contribution in [3.05, 3.63) is 36.9 Å². The average molecular weight is 309 g/mol. The molecule has 0 unspecified atom stereocenters. The van der Waals surface area contributed by atoms with Gasteiger partial charge in [-0.25, -0.2) is 23.1 Å². The third kappa shape index (κ3) is 4.83. The fourth-order valence-electron chi connectivity index (χ4n) is 1.81. The Labute approximate surface area is 124 Å². The third-order valence-electron chi connectivity index (χ3n) is 2.75. The topological polar surface area (TPSA) is 88.9 Å². The normalized spacial score (nSPS) is 11.5. The maximum absolute atomic E-state index is 11.5. The van der Waals surface area contributed by atoms with Gasteiger partial charge in [-0.3, -0.25) is 0 Å². The molecule has 2 aromatic heterocycles. The Morgan fingerprint density at radius 1 is 1.19 bits per heavy atom. The minimum absolute atomic E-state index is 0.151. The molecule has 0 bridgehead atoms. The van der Waals surface area contributed by atoms with Crippen LogP contribution >= 0.6 is 0 Å². The fraction of sp³-hybridized carbons (Fsp3) is 0.385. The molecule has 7 nitrogen and oxygen atoms in total.